The number of benzene rings is 1. The Morgan fingerprint density at radius 2 is 1.85 bits per heavy atom. The molecule has 0 amide bonds. The van der Waals surface area contributed by atoms with Gasteiger partial charge in [0.25, 0.3) is 7.37 Å². The second-order valence-electron chi connectivity index (χ2n) is 7.03. The van der Waals surface area contributed by atoms with Crippen molar-refractivity contribution in [3.05, 3.63) is 54.4 Å². The van der Waals surface area contributed by atoms with Crippen molar-refractivity contribution >= 4 is 18.4 Å². The largest absolute Gasteiger partial charge is 0.378 e. The van der Waals surface area contributed by atoms with Crippen LogP contribution in [0.2, 0.25) is 0 Å². The van der Waals surface area contributed by atoms with E-state index < -0.39 is 13.2 Å². The van der Waals surface area contributed by atoms with Gasteiger partial charge in [-0.05, 0) is 43.2 Å². The summed E-state index contributed by atoms with van der Waals surface area (Å²) in [4.78, 5) is 6.03. The molecule has 5 nitrogen and oxygen atoms in total. The molecule has 1 heterocycles. The second-order valence-corrected chi connectivity index (χ2v) is 9.44. The molecule has 6 heteroatoms. The number of aliphatic hydroxyl groups is 1. The second kappa shape index (κ2) is 8.34. The fourth-order valence-corrected chi connectivity index (χ4v) is 5.62. The van der Waals surface area contributed by atoms with Crippen LogP contribution in [0.5, 0.6) is 0 Å². The van der Waals surface area contributed by atoms with Crippen LogP contribution in [0, 0.1) is 0 Å². The van der Waals surface area contributed by atoms with E-state index in [1.807, 2.05) is 31.1 Å². The number of hydrogen-bond acceptors (Lipinski definition) is 5. The summed E-state index contributed by atoms with van der Waals surface area (Å²) in [5, 5.41) is 11.5. The minimum absolute atomic E-state index is 0.0746. The van der Waals surface area contributed by atoms with E-state index in [0.29, 0.717) is 10.9 Å². The molecule has 1 aliphatic rings. The Balaban J connectivity index is 1.96. The van der Waals surface area contributed by atoms with E-state index in [1.165, 1.54) is 6.42 Å². The molecule has 0 radical (unpaired) electrons. The molecule has 140 valence electrons. The third-order valence-electron chi connectivity index (χ3n) is 4.89. The molecule has 1 aliphatic carbocycles. The lowest BCUT2D eigenvalue weighted by atomic mass is 9.98. The number of aliphatic hydroxyl groups excluding tert-OH is 1. The summed E-state index contributed by atoms with van der Waals surface area (Å²) in [5.41, 5.74) is 1.53. The van der Waals surface area contributed by atoms with Crippen molar-refractivity contribution in [2.45, 2.75) is 44.1 Å². The molecule has 1 aromatic carbocycles. The number of rotatable bonds is 6. The zero-order valence-electron chi connectivity index (χ0n) is 15.4. The monoisotopic (exact) mass is 374 g/mol. The molecule has 0 bridgehead atoms. The fourth-order valence-electron chi connectivity index (χ4n) is 3.34. The van der Waals surface area contributed by atoms with Crippen molar-refractivity contribution in [1.82, 2.24) is 4.98 Å². The molecule has 26 heavy (non-hydrogen) atoms. The van der Waals surface area contributed by atoms with Gasteiger partial charge in [-0.25, -0.2) is 0 Å². The van der Waals surface area contributed by atoms with Crippen LogP contribution in [0.15, 0.2) is 48.8 Å². The Bertz CT molecular complexity index is 743. The topological polar surface area (TPSA) is 62.7 Å². The van der Waals surface area contributed by atoms with Crippen LogP contribution in [-0.2, 0) is 9.09 Å². The van der Waals surface area contributed by atoms with Crippen LogP contribution < -0.4 is 10.2 Å². The van der Waals surface area contributed by atoms with Crippen molar-refractivity contribution in [3.63, 3.8) is 0 Å². The summed E-state index contributed by atoms with van der Waals surface area (Å²) in [7, 11) is 0.406. The van der Waals surface area contributed by atoms with Gasteiger partial charge in [0.1, 0.15) is 0 Å². The lowest BCUT2D eigenvalue weighted by Gasteiger charge is -2.31. The van der Waals surface area contributed by atoms with Crippen LogP contribution in [0.4, 0.5) is 5.69 Å². The molecule has 0 saturated heterocycles. The maximum atomic E-state index is 14.0. The molecule has 1 fully saturated rings. The van der Waals surface area contributed by atoms with Gasteiger partial charge in [-0.3, -0.25) is 9.55 Å². The first-order valence-corrected chi connectivity index (χ1v) is 10.8. The average molecular weight is 374 g/mol. The van der Waals surface area contributed by atoms with Gasteiger partial charge in [-0.15, -0.1) is 0 Å². The smallest absolute Gasteiger partial charge is 0.264 e. The highest BCUT2D eigenvalue weighted by Gasteiger charge is 2.39. The molecule has 0 aliphatic heterocycles. The van der Waals surface area contributed by atoms with Gasteiger partial charge < -0.3 is 14.5 Å². The Morgan fingerprint density at radius 1 is 1.15 bits per heavy atom. The summed E-state index contributed by atoms with van der Waals surface area (Å²) in [5.74, 6) is -1.22. The van der Waals surface area contributed by atoms with Crippen molar-refractivity contribution in [2.24, 2.45) is 0 Å². The highest BCUT2D eigenvalue weighted by molar-refractivity contribution is 7.67. The Labute approximate surface area is 155 Å². The van der Waals surface area contributed by atoms with Crippen LogP contribution in [0.1, 0.15) is 43.5 Å². The maximum absolute atomic E-state index is 14.0. The van der Waals surface area contributed by atoms with Gasteiger partial charge in [0, 0.05) is 43.0 Å². The Morgan fingerprint density at radius 3 is 2.42 bits per heavy atom. The molecule has 1 aromatic heterocycles. The third-order valence-corrected chi connectivity index (χ3v) is 7.46. The first-order valence-electron chi connectivity index (χ1n) is 9.15. The molecule has 2 atom stereocenters. The van der Waals surface area contributed by atoms with E-state index in [0.717, 1.165) is 31.4 Å². The van der Waals surface area contributed by atoms with Gasteiger partial charge in [0.05, 0.1) is 6.10 Å². The van der Waals surface area contributed by atoms with Crippen molar-refractivity contribution in [1.29, 1.82) is 0 Å². The Hall–Kier alpha value is -1.68. The lowest BCUT2D eigenvalue weighted by molar-refractivity contribution is 0.137. The third kappa shape index (κ3) is 4.17. The zero-order chi connectivity index (χ0) is 18.6. The van der Waals surface area contributed by atoms with E-state index in [9.17, 15) is 9.67 Å². The van der Waals surface area contributed by atoms with Gasteiger partial charge in [0.2, 0.25) is 0 Å². The van der Waals surface area contributed by atoms with E-state index in [2.05, 4.69) is 4.98 Å². The molecule has 1 saturated carbocycles. The fraction of sp³-hybridized carbons (Fsp3) is 0.450. The number of anilines is 1. The summed E-state index contributed by atoms with van der Waals surface area (Å²) < 4.78 is 20.1. The maximum Gasteiger partial charge on any atom is 0.264 e. The van der Waals surface area contributed by atoms with E-state index in [-0.39, 0.29) is 6.10 Å². The first-order chi connectivity index (χ1) is 12.5. The molecule has 0 unspecified atom stereocenters. The lowest BCUT2D eigenvalue weighted by Crippen LogP contribution is -2.22. The molecule has 0 spiro atoms. The highest BCUT2D eigenvalue weighted by Crippen LogP contribution is 2.59. The SMILES string of the molecule is CN(C)c1ccc([P@@](=O)(OC2CCCCC2)[C@H](O)c2cccnc2)cc1. The normalized spacial score (nSPS) is 18.9. The zero-order valence-corrected chi connectivity index (χ0v) is 16.3. The predicted octanol–water partition coefficient (Wildman–Crippen LogP) is 4.09. The minimum Gasteiger partial charge on any atom is -0.378 e. The number of aromatic nitrogens is 1. The highest BCUT2D eigenvalue weighted by atomic mass is 31.2. The molecular weight excluding hydrogens is 347 g/mol. The standard InChI is InChI=1S/C20H27N2O3P/c1-22(2)17-10-12-19(13-11-17)26(24,25-18-8-4-3-5-9-18)20(23)16-7-6-14-21-15-16/h6-7,10-15,18,20,23H,3-5,8-9H2,1-2H3/t20-,26+/m0/s1. The van der Waals surface area contributed by atoms with Crippen molar-refractivity contribution in [2.75, 3.05) is 19.0 Å². The van der Waals surface area contributed by atoms with Crippen LogP contribution in [-0.4, -0.2) is 30.3 Å². The van der Waals surface area contributed by atoms with E-state index in [1.54, 1.807) is 36.7 Å². The van der Waals surface area contributed by atoms with Crippen LogP contribution in [0.3, 0.4) is 0 Å². The minimum atomic E-state index is -3.51. The van der Waals surface area contributed by atoms with Gasteiger partial charge in [-0.1, -0.05) is 25.3 Å². The van der Waals surface area contributed by atoms with Gasteiger partial charge in [-0.2, -0.15) is 0 Å². The number of hydrogen-bond donors (Lipinski definition) is 1. The molecule has 2 aromatic rings. The first kappa shape index (κ1) is 19.1. The Kier molecular flexibility index (Phi) is 6.13. The summed E-state index contributed by atoms with van der Waals surface area (Å²) in [6.07, 6.45) is 8.23. The molecule has 1 N–H and O–H groups in total. The molecular formula is C20H27N2O3P. The molecule has 3 rings (SSSR count). The van der Waals surface area contributed by atoms with E-state index in [4.69, 9.17) is 4.52 Å². The van der Waals surface area contributed by atoms with Gasteiger partial charge >= 0.3 is 0 Å². The van der Waals surface area contributed by atoms with E-state index >= 15 is 0 Å². The quantitative estimate of drug-likeness (QED) is 0.772. The summed E-state index contributed by atoms with van der Waals surface area (Å²) >= 11 is 0. The van der Waals surface area contributed by atoms with Crippen molar-refractivity contribution < 1.29 is 14.2 Å². The number of pyridine rings is 1. The average Bonchev–Trinajstić information content (AvgIpc) is 2.69. The number of nitrogens with zero attached hydrogens (tertiary/aromatic N) is 2. The van der Waals surface area contributed by atoms with Crippen molar-refractivity contribution in [3.8, 4) is 0 Å². The summed E-state index contributed by atoms with van der Waals surface area (Å²) in [6.45, 7) is 0. The van der Waals surface area contributed by atoms with Crippen LogP contribution >= 0.6 is 7.37 Å². The predicted molar refractivity (Wildman–Crippen MR) is 105 cm³/mol. The van der Waals surface area contributed by atoms with Gasteiger partial charge in [0.15, 0.2) is 5.85 Å². The van der Waals surface area contributed by atoms with Crippen LogP contribution in [0.25, 0.3) is 0 Å². The summed E-state index contributed by atoms with van der Waals surface area (Å²) in [6, 6.07) is 10.9.